The Labute approximate surface area is 62.8 Å². The van der Waals surface area contributed by atoms with Crippen LogP contribution < -0.4 is 0 Å². The van der Waals surface area contributed by atoms with Crippen molar-refractivity contribution >= 4 is 0 Å². The maximum atomic E-state index is 9.60. The highest BCUT2D eigenvalue weighted by Gasteiger charge is 2.28. The molecule has 58 valence electrons. The van der Waals surface area contributed by atoms with Crippen LogP contribution >= 0.6 is 0 Å². The molecule has 0 spiro atoms. The smallest absolute Gasteiger partial charge is 0.0625 e. The number of hydrogen-bond acceptors (Lipinski definition) is 1. The Morgan fingerprint density at radius 3 is 2.40 bits per heavy atom. The van der Waals surface area contributed by atoms with Crippen LogP contribution in [0.4, 0.5) is 0 Å². The molecule has 0 aromatic heterocycles. The van der Waals surface area contributed by atoms with Crippen molar-refractivity contribution in [3.05, 3.63) is 11.6 Å². The van der Waals surface area contributed by atoms with E-state index < -0.39 is 5.60 Å². The van der Waals surface area contributed by atoms with Crippen molar-refractivity contribution in [3.63, 3.8) is 0 Å². The third kappa shape index (κ3) is 1.60. The van der Waals surface area contributed by atoms with Crippen LogP contribution in [0.2, 0.25) is 0 Å². The average Bonchev–Trinajstić information content (AvgIpc) is 2.11. The van der Waals surface area contributed by atoms with Crippen molar-refractivity contribution in [2.75, 3.05) is 0 Å². The molecule has 1 rings (SSSR count). The van der Waals surface area contributed by atoms with Crippen molar-refractivity contribution in [1.82, 2.24) is 0 Å². The minimum Gasteiger partial charge on any atom is -0.390 e. The van der Waals surface area contributed by atoms with Gasteiger partial charge in [0.2, 0.25) is 0 Å². The van der Waals surface area contributed by atoms with Gasteiger partial charge in [-0.15, -0.1) is 0 Å². The summed E-state index contributed by atoms with van der Waals surface area (Å²) in [4.78, 5) is 0. The standard InChI is InChI=1S/C9H16O/c1-7-4-5-8(6-7)9(2,3)10/h4,8,10H,5-6H2,1-3H3/t8-/m0/s1. The fourth-order valence-corrected chi connectivity index (χ4v) is 1.44. The Morgan fingerprint density at radius 1 is 1.60 bits per heavy atom. The molecule has 0 saturated heterocycles. The summed E-state index contributed by atoms with van der Waals surface area (Å²) in [6.45, 7) is 5.92. The first kappa shape index (κ1) is 7.80. The fraction of sp³-hybridized carbons (Fsp3) is 0.778. The molecule has 1 atom stereocenters. The Bertz CT molecular complexity index is 151. The zero-order valence-electron chi connectivity index (χ0n) is 7.02. The van der Waals surface area contributed by atoms with E-state index in [0.717, 1.165) is 12.8 Å². The van der Waals surface area contributed by atoms with Crippen LogP contribution in [0, 0.1) is 5.92 Å². The third-order valence-electron chi connectivity index (χ3n) is 2.32. The number of rotatable bonds is 1. The van der Waals surface area contributed by atoms with Gasteiger partial charge >= 0.3 is 0 Å². The monoisotopic (exact) mass is 140 g/mol. The van der Waals surface area contributed by atoms with Crippen LogP contribution in [0.3, 0.4) is 0 Å². The molecular formula is C9H16O. The molecule has 1 aliphatic rings. The second-order valence-electron chi connectivity index (χ2n) is 3.84. The van der Waals surface area contributed by atoms with E-state index >= 15 is 0 Å². The quantitative estimate of drug-likeness (QED) is 0.553. The number of hydrogen-bond donors (Lipinski definition) is 1. The molecule has 0 aliphatic heterocycles. The van der Waals surface area contributed by atoms with Crippen LogP contribution in [0.15, 0.2) is 11.6 Å². The number of aliphatic hydroxyl groups is 1. The van der Waals surface area contributed by atoms with Crippen molar-refractivity contribution in [2.24, 2.45) is 5.92 Å². The van der Waals surface area contributed by atoms with Gasteiger partial charge in [-0.3, -0.25) is 0 Å². The number of allylic oxidation sites excluding steroid dienone is 2. The summed E-state index contributed by atoms with van der Waals surface area (Å²) >= 11 is 0. The molecule has 1 heteroatoms. The molecule has 0 radical (unpaired) electrons. The predicted octanol–water partition coefficient (Wildman–Crippen LogP) is 2.11. The summed E-state index contributed by atoms with van der Waals surface area (Å²) < 4.78 is 0. The zero-order valence-corrected chi connectivity index (χ0v) is 7.02. The van der Waals surface area contributed by atoms with Crippen molar-refractivity contribution in [3.8, 4) is 0 Å². The molecule has 0 saturated carbocycles. The Balaban J connectivity index is 2.50. The van der Waals surface area contributed by atoms with Gasteiger partial charge in [0.25, 0.3) is 0 Å². The molecule has 1 aliphatic carbocycles. The molecule has 0 aromatic rings. The Kier molecular flexibility index (Phi) is 1.86. The molecule has 1 N–H and O–H groups in total. The predicted molar refractivity (Wildman–Crippen MR) is 42.8 cm³/mol. The summed E-state index contributed by atoms with van der Waals surface area (Å²) in [6, 6.07) is 0. The van der Waals surface area contributed by atoms with Crippen molar-refractivity contribution in [2.45, 2.75) is 39.2 Å². The molecule has 1 nitrogen and oxygen atoms in total. The molecule has 0 bridgehead atoms. The summed E-state index contributed by atoms with van der Waals surface area (Å²) in [5.74, 6) is 0.451. The summed E-state index contributed by atoms with van der Waals surface area (Å²) in [5.41, 5.74) is 0.931. The lowest BCUT2D eigenvalue weighted by atomic mass is 9.88. The normalized spacial score (nSPS) is 26.8. The van der Waals surface area contributed by atoms with Gasteiger partial charge < -0.3 is 5.11 Å². The maximum absolute atomic E-state index is 9.60. The first-order chi connectivity index (χ1) is 4.50. The summed E-state index contributed by atoms with van der Waals surface area (Å²) in [6.07, 6.45) is 4.35. The SMILES string of the molecule is CC1=CC[C@H](C(C)(C)O)C1. The second kappa shape index (κ2) is 2.39. The van der Waals surface area contributed by atoms with Gasteiger partial charge in [-0.05, 0) is 39.5 Å². The second-order valence-corrected chi connectivity index (χ2v) is 3.84. The maximum Gasteiger partial charge on any atom is 0.0625 e. The van der Waals surface area contributed by atoms with E-state index in [-0.39, 0.29) is 0 Å². The van der Waals surface area contributed by atoms with Gasteiger partial charge in [0.05, 0.1) is 5.60 Å². The van der Waals surface area contributed by atoms with Gasteiger partial charge in [0.1, 0.15) is 0 Å². The average molecular weight is 140 g/mol. The molecule has 0 heterocycles. The van der Waals surface area contributed by atoms with E-state index in [1.807, 2.05) is 13.8 Å². The molecule has 0 aromatic carbocycles. The molecular weight excluding hydrogens is 124 g/mol. The van der Waals surface area contributed by atoms with Gasteiger partial charge in [0.15, 0.2) is 0 Å². The van der Waals surface area contributed by atoms with Crippen LogP contribution in [-0.2, 0) is 0 Å². The van der Waals surface area contributed by atoms with E-state index in [1.165, 1.54) is 5.57 Å². The third-order valence-corrected chi connectivity index (χ3v) is 2.32. The lowest BCUT2D eigenvalue weighted by Crippen LogP contribution is -2.28. The first-order valence-corrected chi connectivity index (χ1v) is 3.88. The van der Waals surface area contributed by atoms with Gasteiger partial charge in [-0.2, -0.15) is 0 Å². The molecule has 0 unspecified atom stereocenters. The van der Waals surface area contributed by atoms with Crippen molar-refractivity contribution in [1.29, 1.82) is 0 Å². The summed E-state index contributed by atoms with van der Waals surface area (Å²) in [5, 5.41) is 9.60. The fourth-order valence-electron chi connectivity index (χ4n) is 1.44. The van der Waals surface area contributed by atoms with E-state index in [0.29, 0.717) is 5.92 Å². The Hall–Kier alpha value is -0.300. The van der Waals surface area contributed by atoms with E-state index in [9.17, 15) is 5.11 Å². The molecule has 10 heavy (non-hydrogen) atoms. The van der Waals surface area contributed by atoms with Gasteiger partial charge in [-0.25, -0.2) is 0 Å². The van der Waals surface area contributed by atoms with Crippen LogP contribution in [0.5, 0.6) is 0 Å². The summed E-state index contributed by atoms with van der Waals surface area (Å²) in [7, 11) is 0. The lowest BCUT2D eigenvalue weighted by Gasteiger charge is -2.25. The highest BCUT2D eigenvalue weighted by Crippen LogP contribution is 2.32. The Morgan fingerprint density at radius 2 is 2.20 bits per heavy atom. The van der Waals surface area contributed by atoms with Gasteiger partial charge in [0, 0.05) is 0 Å². The van der Waals surface area contributed by atoms with E-state index in [4.69, 9.17) is 0 Å². The van der Waals surface area contributed by atoms with Crippen molar-refractivity contribution < 1.29 is 5.11 Å². The van der Waals surface area contributed by atoms with Crippen LogP contribution in [-0.4, -0.2) is 10.7 Å². The molecule has 0 fully saturated rings. The largest absolute Gasteiger partial charge is 0.390 e. The van der Waals surface area contributed by atoms with Gasteiger partial charge in [-0.1, -0.05) is 11.6 Å². The topological polar surface area (TPSA) is 20.2 Å². The van der Waals surface area contributed by atoms with Crippen LogP contribution in [0.25, 0.3) is 0 Å². The first-order valence-electron chi connectivity index (χ1n) is 3.88. The molecule has 0 amide bonds. The highest BCUT2D eigenvalue weighted by molar-refractivity contribution is 5.09. The highest BCUT2D eigenvalue weighted by atomic mass is 16.3. The minimum atomic E-state index is -0.492. The van der Waals surface area contributed by atoms with E-state index in [1.54, 1.807) is 0 Å². The van der Waals surface area contributed by atoms with E-state index in [2.05, 4.69) is 13.0 Å². The zero-order chi connectivity index (χ0) is 7.78. The lowest BCUT2D eigenvalue weighted by molar-refractivity contribution is 0.0219. The van der Waals surface area contributed by atoms with Crippen LogP contribution in [0.1, 0.15) is 33.6 Å². The minimum absolute atomic E-state index is 0.451.